The quantitative estimate of drug-likeness (QED) is 0.0239. The third-order valence-corrected chi connectivity index (χ3v) is 14.9. The Balaban J connectivity index is 1.38. The zero-order valence-electron chi connectivity index (χ0n) is 40.2. The Morgan fingerprint density at radius 2 is 0.918 bits per heavy atom. The summed E-state index contributed by atoms with van der Waals surface area (Å²) >= 11 is 0.928. The second-order valence-corrected chi connectivity index (χ2v) is 21.1. The smallest absolute Gasteiger partial charge is 0.295 e. The molecule has 0 fully saturated rings. The third kappa shape index (κ3) is 12.8. The maximum absolute atomic E-state index is 12.3. The molecule has 384 valence electrons. The van der Waals surface area contributed by atoms with E-state index in [2.05, 4.69) is 41.1 Å². The molecule has 1 aromatic heterocycles. The molecule has 7 aromatic rings. The van der Waals surface area contributed by atoms with Gasteiger partial charge >= 0.3 is 0 Å². The predicted octanol–water partition coefficient (Wildman–Crippen LogP) is 10.7. The molecule has 22 nitrogen and oxygen atoms in total. The minimum absolute atomic E-state index is 0.0424. The van der Waals surface area contributed by atoms with Crippen LogP contribution in [0.3, 0.4) is 0 Å². The van der Waals surface area contributed by atoms with Crippen molar-refractivity contribution in [2.45, 2.75) is 42.6 Å². The van der Waals surface area contributed by atoms with Gasteiger partial charge in [0.05, 0.1) is 54.1 Å². The van der Waals surface area contributed by atoms with Gasteiger partial charge in [0, 0.05) is 65.6 Å². The number of ether oxygens (including phenoxy) is 2. The van der Waals surface area contributed by atoms with Crippen LogP contribution < -0.4 is 29.9 Å². The van der Waals surface area contributed by atoms with Crippen molar-refractivity contribution in [3.8, 4) is 11.5 Å². The molecule has 26 heteroatoms. The molecule has 0 amide bonds. The molecule has 0 aliphatic carbocycles. The lowest BCUT2D eigenvalue weighted by Crippen LogP contribution is -2.22. The molecule has 0 spiro atoms. The van der Waals surface area contributed by atoms with Crippen LogP contribution in [-0.4, -0.2) is 106 Å². The van der Waals surface area contributed by atoms with Gasteiger partial charge in [0.2, 0.25) is 11.9 Å². The van der Waals surface area contributed by atoms with E-state index in [9.17, 15) is 38.9 Å². The van der Waals surface area contributed by atoms with Gasteiger partial charge in [-0.3, -0.25) is 13.7 Å². The molecule has 7 rings (SSSR count). The number of fused-ring (bicyclic) bond motifs is 2. The summed E-state index contributed by atoms with van der Waals surface area (Å²) in [6, 6.07) is 25.2. The van der Waals surface area contributed by atoms with Gasteiger partial charge < -0.3 is 29.9 Å². The van der Waals surface area contributed by atoms with Crippen molar-refractivity contribution in [1.82, 2.24) is 15.0 Å². The van der Waals surface area contributed by atoms with Gasteiger partial charge in [0.25, 0.3) is 30.4 Å². The van der Waals surface area contributed by atoms with Crippen LogP contribution in [0.2, 0.25) is 0 Å². The number of rotatable bonds is 22. The molecular weight excluding hydrogens is 1020 g/mol. The Labute approximate surface area is 426 Å². The van der Waals surface area contributed by atoms with Crippen LogP contribution in [0.5, 0.6) is 11.5 Å². The van der Waals surface area contributed by atoms with E-state index in [1.165, 1.54) is 38.5 Å². The lowest BCUT2D eigenvalue weighted by molar-refractivity contribution is 0.414. The molecule has 0 bridgehead atoms. The van der Waals surface area contributed by atoms with E-state index in [0.29, 0.717) is 71.2 Å². The number of nitrogens with one attached hydrogen (secondary N) is 2. The monoisotopic (exact) mass is 1070 g/mol. The van der Waals surface area contributed by atoms with E-state index in [1.54, 1.807) is 72.8 Å². The van der Waals surface area contributed by atoms with E-state index in [-0.39, 0.29) is 66.1 Å². The maximum Gasteiger partial charge on any atom is 0.295 e. The molecular formula is C47H51N11O11S4. The number of hydrogen-bond acceptors (Lipinski definition) is 20. The van der Waals surface area contributed by atoms with Crippen molar-refractivity contribution < 1.29 is 48.4 Å². The van der Waals surface area contributed by atoms with Crippen LogP contribution in [0.15, 0.2) is 132 Å². The van der Waals surface area contributed by atoms with Gasteiger partial charge in [-0.15, -0.1) is 20.5 Å². The zero-order valence-corrected chi connectivity index (χ0v) is 43.5. The summed E-state index contributed by atoms with van der Waals surface area (Å²) in [4.78, 5) is 17.5. The molecule has 0 aliphatic heterocycles. The lowest BCUT2D eigenvalue weighted by atomic mass is 10.1. The van der Waals surface area contributed by atoms with Crippen molar-refractivity contribution in [3.05, 3.63) is 97.1 Å². The summed E-state index contributed by atoms with van der Waals surface area (Å²) in [5.41, 5.74) is 3.01. The number of thioether (sulfide) groups is 1. The second-order valence-electron chi connectivity index (χ2n) is 15.7. The molecule has 73 heavy (non-hydrogen) atoms. The van der Waals surface area contributed by atoms with E-state index in [0.717, 1.165) is 11.8 Å². The van der Waals surface area contributed by atoms with E-state index in [4.69, 9.17) is 14.5 Å². The summed E-state index contributed by atoms with van der Waals surface area (Å²) < 4.78 is 114. The van der Waals surface area contributed by atoms with Crippen molar-refractivity contribution >= 4 is 121 Å². The highest BCUT2D eigenvalue weighted by molar-refractivity contribution is 8.00. The van der Waals surface area contributed by atoms with Crippen LogP contribution in [0, 0.1) is 0 Å². The minimum atomic E-state index is -4.58. The first-order valence-electron chi connectivity index (χ1n) is 22.4. The van der Waals surface area contributed by atoms with Gasteiger partial charge in [-0.05, 0) is 64.1 Å². The average molecular weight is 1070 g/mol. The van der Waals surface area contributed by atoms with Crippen molar-refractivity contribution in [3.63, 3.8) is 0 Å². The fourth-order valence-electron chi connectivity index (χ4n) is 7.79. The SMILES string of the molecule is CCN(CC)c1cc(Nc2nc(Nc3cc(N(CC)CC)c(OC)cc3/N=N/c3ccc(S(=O)(=O)O)c4ccccc34)nc(SCCS(=O)(=O)O)n2)c(/N=N/c2ccc(S(=O)(=O)O)c3ccccc23)cc1OC. The second kappa shape index (κ2) is 22.8. The largest absolute Gasteiger partial charge is 0.494 e. The van der Waals surface area contributed by atoms with Gasteiger partial charge in [-0.2, -0.15) is 40.2 Å². The molecule has 0 unspecified atom stereocenters. The van der Waals surface area contributed by atoms with E-state index >= 15 is 0 Å². The number of hydrogen-bond donors (Lipinski definition) is 5. The first kappa shape index (κ1) is 53.7. The molecule has 5 N–H and O–H groups in total. The summed E-state index contributed by atoms with van der Waals surface area (Å²) in [5.74, 6) is 0.0457. The summed E-state index contributed by atoms with van der Waals surface area (Å²) in [5, 5.41) is 26.0. The van der Waals surface area contributed by atoms with Crippen LogP contribution in [0.1, 0.15) is 27.7 Å². The number of aromatic nitrogens is 3. The first-order valence-corrected chi connectivity index (χ1v) is 27.9. The van der Waals surface area contributed by atoms with Crippen LogP contribution in [-0.2, 0) is 30.4 Å². The molecule has 0 radical (unpaired) electrons. The number of methoxy groups -OCH3 is 2. The molecule has 0 atom stereocenters. The summed E-state index contributed by atoms with van der Waals surface area (Å²) in [7, 11) is -10.5. The number of benzene rings is 6. The average Bonchev–Trinajstić information content (AvgIpc) is 3.35. The predicted molar refractivity (Wildman–Crippen MR) is 283 cm³/mol. The Morgan fingerprint density at radius 3 is 1.27 bits per heavy atom. The third-order valence-electron chi connectivity index (χ3n) is 11.3. The highest BCUT2D eigenvalue weighted by atomic mass is 32.2. The van der Waals surface area contributed by atoms with Crippen LogP contribution in [0.4, 0.5) is 57.4 Å². The maximum atomic E-state index is 12.3. The highest BCUT2D eigenvalue weighted by Crippen LogP contribution is 2.44. The van der Waals surface area contributed by atoms with Gasteiger partial charge in [0.15, 0.2) is 5.16 Å². The molecule has 1 heterocycles. The summed E-state index contributed by atoms with van der Waals surface area (Å²) in [6.07, 6.45) is 0. The molecule has 0 saturated carbocycles. The fourth-order valence-corrected chi connectivity index (χ4v) is 10.8. The lowest BCUT2D eigenvalue weighted by Gasteiger charge is -2.25. The minimum Gasteiger partial charge on any atom is -0.494 e. The van der Waals surface area contributed by atoms with Gasteiger partial charge in [0.1, 0.15) is 32.7 Å². The van der Waals surface area contributed by atoms with E-state index in [1.807, 2.05) is 37.5 Å². The van der Waals surface area contributed by atoms with E-state index < -0.39 is 36.1 Å². The van der Waals surface area contributed by atoms with Crippen LogP contribution in [0.25, 0.3) is 21.5 Å². The molecule has 6 aromatic carbocycles. The van der Waals surface area contributed by atoms with Crippen LogP contribution >= 0.6 is 11.8 Å². The Hall–Kier alpha value is -7.07. The summed E-state index contributed by atoms with van der Waals surface area (Å²) in [6.45, 7) is 10.3. The number of nitrogens with zero attached hydrogens (tertiary/aromatic N) is 9. The zero-order chi connectivity index (χ0) is 52.7. The Kier molecular flexibility index (Phi) is 16.8. The van der Waals surface area contributed by atoms with Crippen molar-refractivity contribution in [2.24, 2.45) is 20.5 Å². The van der Waals surface area contributed by atoms with Gasteiger partial charge in [-0.1, -0.05) is 60.3 Å². The standard InChI is InChI=1S/C47H51N11O11S4/c1-7-57(8-2)39-25-35(37(27-41(39)68-5)55-53-33-19-21-43(72(62,63)64)31-17-13-11-15-29(31)33)48-45-50-46(52-47(51-45)70-23-24-71(59,60)61)49-36-26-40(58(9-3)10-4)42(69-6)28-38(36)56-54-34-20-22-44(73(65,66)67)32-18-14-12-16-30(32)34/h11-22,25-28H,7-10,23-24H2,1-6H3,(H,59,60,61)(H,62,63,64)(H,65,66,67)(H2,48,49,50,51,52)/b55-53+,56-54+. The number of anilines is 6. The first-order chi connectivity index (χ1) is 34.8. The Bertz CT molecular complexity index is 3380. The van der Waals surface area contributed by atoms with Gasteiger partial charge in [-0.25, -0.2) is 0 Å². The van der Waals surface area contributed by atoms with Crippen molar-refractivity contribution in [2.75, 3.05) is 72.3 Å². The topological polar surface area (TPSA) is 300 Å². The molecule has 0 aliphatic rings. The highest BCUT2D eigenvalue weighted by Gasteiger charge is 2.22. The Morgan fingerprint density at radius 1 is 0.534 bits per heavy atom. The molecule has 0 saturated heterocycles. The normalized spacial score (nSPS) is 12.2. The van der Waals surface area contributed by atoms with Crippen molar-refractivity contribution in [1.29, 1.82) is 0 Å². The number of azo groups is 2. The fraction of sp³-hybridized carbons (Fsp3) is 0.255.